The van der Waals surface area contributed by atoms with E-state index in [-0.39, 0.29) is 17.6 Å². The van der Waals surface area contributed by atoms with Crippen LogP contribution in [0.1, 0.15) is 18.4 Å². The number of halogens is 1. The lowest BCUT2D eigenvalue weighted by Gasteiger charge is -2.30. The van der Waals surface area contributed by atoms with Crippen LogP contribution in [0, 0.1) is 5.92 Å². The van der Waals surface area contributed by atoms with Crippen LogP contribution in [0.3, 0.4) is 0 Å². The molecule has 4 rings (SSSR count). The second-order valence-electron chi connectivity index (χ2n) is 7.69. The molecule has 8 nitrogen and oxygen atoms in total. The first-order chi connectivity index (χ1) is 15.8. The number of carbonyl (C=O) groups excluding carboxylic acids is 1. The van der Waals surface area contributed by atoms with Gasteiger partial charge in [-0.15, -0.1) is 10.2 Å². The van der Waals surface area contributed by atoms with E-state index in [9.17, 15) is 13.2 Å². The number of sulfonamides is 1. The van der Waals surface area contributed by atoms with Gasteiger partial charge in [0.15, 0.2) is 0 Å². The Balaban J connectivity index is 1.32. The van der Waals surface area contributed by atoms with Crippen molar-refractivity contribution in [3.63, 3.8) is 0 Å². The normalized spacial score (nSPS) is 15.3. The molecule has 174 valence electrons. The van der Waals surface area contributed by atoms with Gasteiger partial charge in [-0.3, -0.25) is 4.79 Å². The molecule has 2 aromatic carbocycles. The van der Waals surface area contributed by atoms with Crippen molar-refractivity contribution in [2.45, 2.75) is 18.6 Å². The summed E-state index contributed by atoms with van der Waals surface area (Å²) in [4.78, 5) is 12.7. The summed E-state index contributed by atoms with van der Waals surface area (Å²) in [5, 5.41) is 12.2. The lowest BCUT2D eigenvalue weighted by atomic mass is 9.97. The van der Waals surface area contributed by atoms with Crippen molar-refractivity contribution in [1.29, 1.82) is 0 Å². The molecule has 1 saturated heterocycles. The zero-order chi connectivity index (χ0) is 23.4. The van der Waals surface area contributed by atoms with Crippen molar-refractivity contribution in [1.82, 2.24) is 14.5 Å². The number of piperidine rings is 1. The van der Waals surface area contributed by atoms with Gasteiger partial charge in [-0.25, -0.2) is 12.7 Å². The average molecular weight is 551 g/mol. The third kappa shape index (κ3) is 5.97. The minimum atomic E-state index is -3.44. The van der Waals surface area contributed by atoms with E-state index < -0.39 is 10.0 Å². The van der Waals surface area contributed by atoms with Crippen LogP contribution in [-0.4, -0.2) is 49.0 Å². The molecular formula is C22H23BrN4O4S2. The number of aromatic nitrogens is 2. The van der Waals surface area contributed by atoms with E-state index >= 15 is 0 Å². The number of rotatable bonds is 7. The van der Waals surface area contributed by atoms with E-state index in [0.717, 1.165) is 21.3 Å². The van der Waals surface area contributed by atoms with Gasteiger partial charge in [0.25, 0.3) is 0 Å². The molecular weight excluding hydrogens is 528 g/mol. The number of ether oxygens (including phenoxy) is 1. The van der Waals surface area contributed by atoms with Gasteiger partial charge in [0.05, 0.1) is 12.9 Å². The van der Waals surface area contributed by atoms with Crippen LogP contribution in [0.5, 0.6) is 5.75 Å². The summed E-state index contributed by atoms with van der Waals surface area (Å²) in [5.74, 6) is 0.274. The first-order valence-electron chi connectivity index (χ1n) is 10.3. The summed E-state index contributed by atoms with van der Waals surface area (Å²) in [5.41, 5.74) is 1.62. The standard InChI is InChI=1S/C22H23BrN4O4S2/c1-31-19-7-5-17(6-8-19)21-25-26-22(32-21)24-20(28)16-9-11-27(12-10-16)33(29,30)14-15-3-2-4-18(23)13-15/h2-8,13,16H,9-12,14H2,1H3,(H,24,26,28). The molecule has 33 heavy (non-hydrogen) atoms. The highest BCUT2D eigenvalue weighted by Crippen LogP contribution is 2.29. The number of hydrogen-bond acceptors (Lipinski definition) is 7. The molecule has 0 unspecified atom stereocenters. The number of methoxy groups -OCH3 is 1. The fourth-order valence-electron chi connectivity index (χ4n) is 3.66. The van der Waals surface area contributed by atoms with Gasteiger partial charge in [0, 0.05) is 29.0 Å². The van der Waals surface area contributed by atoms with Crippen LogP contribution in [0.15, 0.2) is 53.0 Å². The lowest BCUT2D eigenvalue weighted by molar-refractivity contribution is -0.120. The van der Waals surface area contributed by atoms with E-state index in [1.54, 1.807) is 19.2 Å². The van der Waals surface area contributed by atoms with E-state index in [0.29, 0.717) is 36.1 Å². The number of anilines is 1. The van der Waals surface area contributed by atoms with Crippen LogP contribution in [0.25, 0.3) is 10.6 Å². The summed E-state index contributed by atoms with van der Waals surface area (Å²) in [7, 11) is -1.83. The maximum absolute atomic E-state index is 12.8. The zero-order valence-corrected chi connectivity index (χ0v) is 21.1. The minimum Gasteiger partial charge on any atom is -0.497 e. The van der Waals surface area contributed by atoms with Crippen molar-refractivity contribution in [3.05, 3.63) is 58.6 Å². The molecule has 0 bridgehead atoms. The monoisotopic (exact) mass is 550 g/mol. The average Bonchev–Trinajstić information content (AvgIpc) is 3.27. The molecule has 0 aliphatic carbocycles. The fourth-order valence-corrected chi connectivity index (χ4v) is 6.41. The Morgan fingerprint density at radius 3 is 2.58 bits per heavy atom. The highest BCUT2D eigenvalue weighted by Gasteiger charge is 2.31. The number of hydrogen-bond donors (Lipinski definition) is 1. The number of carbonyl (C=O) groups is 1. The van der Waals surface area contributed by atoms with Crippen molar-refractivity contribution >= 4 is 48.3 Å². The SMILES string of the molecule is COc1ccc(-c2nnc(NC(=O)C3CCN(S(=O)(=O)Cc4cccc(Br)c4)CC3)s2)cc1. The summed E-state index contributed by atoms with van der Waals surface area (Å²) < 4.78 is 33.1. The highest BCUT2D eigenvalue weighted by atomic mass is 79.9. The molecule has 1 aliphatic heterocycles. The molecule has 3 aromatic rings. The molecule has 11 heteroatoms. The molecule has 1 aromatic heterocycles. The van der Waals surface area contributed by atoms with Crippen molar-refractivity contribution < 1.29 is 17.9 Å². The first kappa shape index (κ1) is 23.8. The summed E-state index contributed by atoms with van der Waals surface area (Å²) in [6, 6.07) is 14.7. The molecule has 1 fully saturated rings. The predicted molar refractivity (Wildman–Crippen MR) is 132 cm³/mol. The van der Waals surface area contributed by atoms with Crippen LogP contribution in [-0.2, 0) is 20.6 Å². The van der Waals surface area contributed by atoms with Crippen LogP contribution >= 0.6 is 27.3 Å². The van der Waals surface area contributed by atoms with Crippen molar-refractivity contribution in [2.75, 3.05) is 25.5 Å². The Morgan fingerprint density at radius 2 is 1.91 bits per heavy atom. The molecule has 0 radical (unpaired) electrons. The Hall–Kier alpha value is -2.34. The summed E-state index contributed by atoms with van der Waals surface area (Å²) >= 11 is 4.66. The Bertz CT molecular complexity index is 1220. The van der Waals surface area contributed by atoms with E-state index in [2.05, 4.69) is 31.4 Å². The zero-order valence-electron chi connectivity index (χ0n) is 17.9. The molecule has 0 spiro atoms. The molecule has 2 heterocycles. The maximum Gasteiger partial charge on any atom is 0.229 e. The number of benzene rings is 2. The smallest absolute Gasteiger partial charge is 0.229 e. The Kier molecular flexibility index (Phi) is 7.42. The third-order valence-corrected chi connectivity index (χ3v) is 8.68. The van der Waals surface area contributed by atoms with Crippen molar-refractivity contribution in [2.24, 2.45) is 5.92 Å². The number of nitrogens with one attached hydrogen (secondary N) is 1. The summed E-state index contributed by atoms with van der Waals surface area (Å²) in [6.45, 7) is 0.642. The van der Waals surface area contributed by atoms with Gasteiger partial charge in [-0.2, -0.15) is 0 Å². The number of nitrogens with zero attached hydrogens (tertiary/aromatic N) is 3. The van der Waals surface area contributed by atoms with Crippen LogP contribution in [0.2, 0.25) is 0 Å². The minimum absolute atomic E-state index is 0.0533. The molecule has 0 saturated carbocycles. The molecule has 1 amide bonds. The van der Waals surface area contributed by atoms with Gasteiger partial charge in [0.2, 0.25) is 21.1 Å². The first-order valence-corrected chi connectivity index (χ1v) is 13.6. The van der Waals surface area contributed by atoms with Crippen molar-refractivity contribution in [3.8, 4) is 16.3 Å². The van der Waals surface area contributed by atoms with E-state index in [1.807, 2.05) is 36.4 Å². The van der Waals surface area contributed by atoms with Gasteiger partial charge in [-0.05, 0) is 54.8 Å². The lowest BCUT2D eigenvalue weighted by Crippen LogP contribution is -2.41. The Labute approximate surface area is 205 Å². The highest BCUT2D eigenvalue weighted by molar-refractivity contribution is 9.10. The molecule has 1 aliphatic rings. The largest absolute Gasteiger partial charge is 0.497 e. The predicted octanol–water partition coefficient (Wildman–Crippen LogP) is 4.16. The molecule has 1 N–H and O–H groups in total. The maximum atomic E-state index is 12.8. The topological polar surface area (TPSA) is 101 Å². The Morgan fingerprint density at radius 1 is 1.18 bits per heavy atom. The van der Waals surface area contributed by atoms with Gasteiger partial charge < -0.3 is 10.1 Å². The quantitative estimate of drug-likeness (QED) is 0.474. The van der Waals surface area contributed by atoms with Gasteiger partial charge in [0.1, 0.15) is 10.8 Å². The van der Waals surface area contributed by atoms with Gasteiger partial charge in [-0.1, -0.05) is 39.4 Å². The van der Waals surface area contributed by atoms with Crippen LogP contribution in [0.4, 0.5) is 5.13 Å². The van der Waals surface area contributed by atoms with E-state index in [4.69, 9.17) is 4.74 Å². The third-order valence-electron chi connectivity index (χ3n) is 5.45. The number of amides is 1. The summed E-state index contributed by atoms with van der Waals surface area (Å²) in [6.07, 6.45) is 0.932. The molecule has 0 atom stereocenters. The van der Waals surface area contributed by atoms with E-state index in [1.165, 1.54) is 15.6 Å². The second-order valence-corrected chi connectivity index (χ2v) is 11.6. The van der Waals surface area contributed by atoms with Crippen LogP contribution < -0.4 is 10.1 Å². The van der Waals surface area contributed by atoms with Gasteiger partial charge >= 0.3 is 0 Å². The fraction of sp³-hybridized carbons (Fsp3) is 0.318. The second kappa shape index (κ2) is 10.3.